The Kier molecular flexibility index (Phi) is 0.867. The van der Waals surface area contributed by atoms with Gasteiger partial charge in [-0.25, -0.2) is 0 Å². The summed E-state index contributed by atoms with van der Waals surface area (Å²) in [6.45, 7) is 9.43. The van der Waals surface area contributed by atoms with Crippen molar-refractivity contribution in [3.8, 4) is 0 Å². The van der Waals surface area contributed by atoms with Crippen LogP contribution in [0.5, 0.6) is 0 Å². The molecule has 0 aliphatic heterocycles. The van der Waals surface area contributed by atoms with Crippen molar-refractivity contribution in [3.63, 3.8) is 0 Å². The van der Waals surface area contributed by atoms with Crippen molar-refractivity contribution < 1.29 is 0 Å². The fraction of sp³-hybridized carbons (Fsp3) is 0.800. The Morgan fingerprint density at radius 3 is 1.30 bits per heavy atom. The summed E-state index contributed by atoms with van der Waals surface area (Å²) in [5, 5.41) is 0. The second kappa shape index (κ2) is 1.34. The predicted octanol–water partition coefficient (Wildman–Crippen LogP) is 3.14. The smallest absolute Gasteiger partial charge is 0.00999 e. The molecule has 0 amide bonds. The lowest BCUT2D eigenvalue weighted by atomic mass is 9.59. The van der Waals surface area contributed by atoms with Crippen molar-refractivity contribution in [2.75, 3.05) is 0 Å². The molecule has 56 valence electrons. The molecule has 0 heteroatoms. The van der Waals surface area contributed by atoms with Gasteiger partial charge in [-0.3, -0.25) is 0 Å². The molecule has 0 atom stereocenters. The number of hydrogen-bond donors (Lipinski definition) is 0. The summed E-state index contributed by atoms with van der Waals surface area (Å²) in [7, 11) is 0. The molecule has 0 aromatic carbocycles. The van der Waals surface area contributed by atoms with Gasteiger partial charge >= 0.3 is 0 Å². The molecule has 3 aliphatic carbocycles. The maximum absolute atomic E-state index is 2.40. The summed E-state index contributed by atoms with van der Waals surface area (Å²) in [5.74, 6) is 0. The highest BCUT2D eigenvalue weighted by atomic mass is 14.6. The minimum atomic E-state index is 0.610. The lowest BCUT2D eigenvalue weighted by Crippen LogP contribution is -2.35. The molecule has 0 saturated heterocycles. The average molecular weight is 136 g/mol. The molecule has 0 unspecified atom stereocenters. The van der Waals surface area contributed by atoms with Crippen LogP contribution in [0.25, 0.3) is 0 Å². The lowest BCUT2D eigenvalue weighted by Gasteiger charge is -2.45. The zero-order valence-corrected chi connectivity index (χ0v) is 7.41. The first-order valence-electron chi connectivity index (χ1n) is 4.16. The SMILES string of the molecule is CC1=C(C)C2(C)CC1(C)C2. The van der Waals surface area contributed by atoms with Crippen molar-refractivity contribution in [2.24, 2.45) is 10.8 Å². The number of rotatable bonds is 0. The monoisotopic (exact) mass is 136 g/mol. The summed E-state index contributed by atoms with van der Waals surface area (Å²) in [6.07, 6.45) is 2.83. The molecule has 2 bridgehead atoms. The van der Waals surface area contributed by atoms with Gasteiger partial charge in [-0.15, -0.1) is 0 Å². The molecule has 0 aromatic heterocycles. The molecule has 0 nitrogen and oxygen atoms in total. The van der Waals surface area contributed by atoms with Crippen molar-refractivity contribution in [3.05, 3.63) is 11.1 Å². The van der Waals surface area contributed by atoms with Crippen LogP contribution in [-0.2, 0) is 0 Å². The van der Waals surface area contributed by atoms with Crippen molar-refractivity contribution in [2.45, 2.75) is 40.5 Å². The maximum atomic E-state index is 2.40. The first-order valence-corrected chi connectivity index (χ1v) is 4.16. The normalized spacial score (nSPS) is 51.6. The minimum absolute atomic E-state index is 0.610. The van der Waals surface area contributed by atoms with Gasteiger partial charge in [0.05, 0.1) is 0 Å². The predicted molar refractivity (Wildman–Crippen MR) is 43.8 cm³/mol. The Morgan fingerprint density at radius 2 is 1.20 bits per heavy atom. The standard InChI is InChI=1S/C10H16/c1-7-8(2)10(4)5-9(7,3)6-10/h5-6H2,1-4H3. The fourth-order valence-corrected chi connectivity index (χ4v) is 3.11. The van der Waals surface area contributed by atoms with Gasteiger partial charge in [0.1, 0.15) is 0 Å². The van der Waals surface area contributed by atoms with Gasteiger partial charge in [-0.1, -0.05) is 25.0 Å². The molecule has 10 heavy (non-hydrogen) atoms. The second-order valence-electron chi connectivity index (χ2n) is 4.72. The molecule has 1 saturated carbocycles. The lowest BCUT2D eigenvalue weighted by molar-refractivity contribution is 0.0925. The third-order valence-corrected chi connectivity index (χ3v) is 3.93. The van der Waals surface area contributed by atoms with Crippen molar-refractivity contribution >= 4 is 0 Å². The Hall–Kier alpha value is -0.260. The molecule has 3 aliphatic rings. The van der Waals surface area contributed by atoms with E-state index in [-0.39, 0.29) is 0 Å². The van der Waals surface area contributed by atoms with E-state index in [1.165, 1.54) is 12.8 Å². The van der Waals surface area contributed by atoms with E-state index >= 15 is 0 Å². The fourth-order valence-electron chi connectivity index (χ4n) is 3.11. The molecule has 0 radical (unpaired) electrons. The third kappa shape index (κ3) is 0.457. The third-order valence-electron chi connectivity index (χ3n) is 3.93. The first kappa shape index (κ1) is 6.45. The van der Waals surface area contributed by atoms with Crippen LogP contribution in [0.4, 0.5) is 0 Å². The van der Waals surface area contributed by atoms with E-state index in [1.807, 2.05) is 0 Å². The quantitative estimate of drug-likeness (QED) is 0.449. The van der Waals surface area contributed by atoms with Crippen molar-refractivity contribution in [1.82, 2.24) is 0 Å². The molecule has 3 rings (SSSR count). The van der Waals surface area contributed by atoms with Crippen LogP contribution in [0.15, 0.2) is 11.1 Å². The van der Waals surface area contributed by atoms with Crippen LogP contribution in [0.2, 0.25) is 0 Å². The van der Waals surface area contributed by atoms with Crippen molar-refractivity contribution in [1.29, 1.82) is 0 Å². The van der Waals surface area contributed by atoms with Gasteiger partial charge < -0.3 is 0 Å². The minimum Gasteiger partial charge on any atom is -0.0679 e. The molecular weight excluding hydrogens is 120 g/mol. The highest BCUT2D eigenvalue weighted by molar-refractivity contribution is 5.39. The Balaban J connectivity index is 2.47. The van der Waals surface area contributed by atoms with Crippen LogP contribution in [0.1, 0.15) is 40.5 Å². The number of hydrogen-bond acceptors (Lipinski definition) is 0. The van der Waals surface area contributed by atoms with E-state index < -0.39 is 0 Å². The van der Waals surface area contributed by atoms with Crippen LogP contribution in [-0.4, -0.2) is 0 Å². The van der Waals surface area contributed by atoms with Crippen LogP contribution < -0.4 is 0 Å². The van der Waals surface area contributed by atoms with E-state index in [9.17, 15) is 0 Å². The largest absolute Gasteiger partial charge is 0.0679 e. The highest BCUT2D eigenvalue weighted by Crippen LogP contribution is 2.68. The van der Waals surface area contributed by atoms with Crippen LogP contribution >= 0.6 is 0 Å². The Morgan fingerprint density at radius 1 is 0.900 bits per heavy atom. The zero-order valence-electron chi connectivity index (χ0n) is 7.41. The molecular formula is C10H16. The molecule has 0 N–H and O–H groups in total. The Bertz CT molecular complexity index is 192. The summed E-state index contributed by atoms with van der Waals surface area (Å²) in [4.78, 5) is 0. The average Bonchev–Trinajstić information content (AvgIpc) is 1.99. The first-order chi connectivity index (χ1) is 4.48. The van der Waals surface area contributed by atoms with Crippen LogP contribution in [0.3, 0.4) is 0 Å². The molecule has 0 aromatic rings. The number of allylic oxidation sites excluding steroid dienone is 2. The summed E-state index contributed by atoms with van der Waals surface area (Å²) in [6, 6.07) is 0. The van der Waals surface area contributed by atoms with Gasteiger partial charge in [0, 0.05) is 0 Å². The van der Waals surface area contributed by atoms with Gasteiger partial charge in [0.15, 0.2) is 0 Å². The van der Waals surface area contributed by atoms with Gasteiger partial charge in [0.25, 0.3) is 0 Å². The topological polar surface area (TPSA) is 0 Å². The van der Waals surface area contributed by atoms with E-state index in [4.69, 9.17) is 0 Å². The van der Waals surface area contributed by atoms with E-state index in [0.29, 0.717) is 10.8 Å². The van der Waals surface area contributed by atoms with Crippen LogP contribution in [0, 0.1) is 10.8 Å². The van der Waals surface area contributed by atoms with E-state index in [2.05, 4.69) is 27.7 Å². The summed E-state index contributed by atoms with van der Waals surface area (Å²) in [5.41, 5.74) is 4.57. The molecule has 0 heterocycles. The van der Waals surface area contributed by atoms with Gasteiger partial charge in [-0.2, -0.15) is 0 Å². The molecule has 0 spiro atoms. The Labute approximate surface area is 63.3 Å². The zero-order chi connectivity index (χ0) is 7.57. The van der Waals surface area contributed by atoms with Gasteiger partial charge in [0.2, 0.25) is 0 Å². The summed E-state index contributed by atoms with van der Waals surface area (Å²) < 4.78 is 0. The molecule has 1 fully saturated rings. The highest BCUT2D eigenvalue weighted by Gasteiger charge is 2.57. The summed E-state index contributed by atoms with van der Waals surface area (Å²) >= 11 is 0. The maximum Gasteiger partial charge on any atom is -0.00999 e. The van der Waals surface area contributed by atoms with E-state index in [0.717, 1.165) is 0 Å². The van der Waals surface area contributed by atoms with E-state index in [1.54, 1.807) is 11.1 Å². The second-order valence-corrected chi connectivity index (χ2v) is 4.72. The van der Waals surface area contributed by atoms with Gasteiger partial charge in [-0.05, 0) is 37.5 Å².